The van der Waals surface area contributed by atoms with Gasteiger partial charge in [-0.15, -0.1) is 11.3 Å². The predicted octanol–water partition coefficient (Wildman–Crippen LogP) is 3.02. The summed E-state index contributed by atoms with van der Waals surface area (Å²) in [5.41, 5.74) is 4.14. The Morgan fingerprint density at radius 2 is 2.12 bits per heavy atom. The maximum absolute atomic E-state index is 12.9. The second kappa shape index (κ2) is 6.11. The molecular weight excluding hydrogens is 334 g/mol. The number of nitrogens with zero attached hydrogens (tertiary/aromatic N) is 2. The molecule has 4 rings (SSSR count). The molecule has 0 saturated heterocycles. The number of hydrogen-bond donors (Lipinski definition) is 1. The largest absolute Gasteiger partial charge is 0.352 e. The van der Waals surface area contributed by atoms with Gasteiger partial charge in [0.1, 0.15) is 11.4 Å². The van der Waals surface area contributed by atoms with Crippen LogP contribution in [0.5, 0.6) is 0 Å². The third-order valence-corrected chi connectivity index (χ3v) is 5.52. The summed E-state index contributed by atoms with van der Waals surface area (Å²) in [6.45, 7) is 4.14. The van der Waals surface area contributed by atoms with Crippen LogP contribution in [0.1, 0.15) is 24.0 Å². The van der Waals surface area contributed by atoms with Gasteiger partial charge in [-0.1, -0.05) is 18.2 Å². The fraction of sp³-hybridized carbons (Fsp3) is 0.316. The molecule has 0 unspecified atom stereocenters. The lowest BCUT2D eigenvalue weighted by molar-refractivity contribution is -0.121. The number of rotatable bonds is 4. The summed E-state index contributed by atoms with van der Waals surface area (Å²) in [6.07, 6.45) is 3.52. The van der Waals surface area contributed by atoms with Crippen LogP contribution in [0.25, 0.3) is 21.3 Å². The molecule has 1 saturated carbocycles. The molecule has 5 nitrogen and oxygen atoms in total. The lowest BCUT2D eigenvalue weighted by Gasteiger charge is -2.07. The zero-order valence-corrected chi connectivity index (χ0v) is 15.0. The van der Waals surface area contributed by atoms with Gasteiger partial charge in [-0.3, -0.25) is 14.2 Å². The zero-order valence-electron chi connectivity index (χ0n) is 14.2. The zero-order chi connectivity index (χ0) is 17.6. The van der Waals surface area contributed by atoms with Crippen molar-refractivity contribution in [3.05, 3.63) is 51.4 Å². The highest BCUT2D eigenvalue weighted by Crippen LogP contribution is 2.31. The van der Waals surface area contributed by atoms with Gasteiger partial charge in [0.15, 0.2) is 0 Å². The first-order chi connectivity index (χ1) is 12.0. The van der Waals surface area contributed by atoms with Crippen LogP contribution in [0, 0.1) is 13.8 Å². The molecule has 1 aliphatic rings. The number of aromatic nitrogens is 2. The Balaban J connectivity index is 1.75. The molecule has 0 bridgehead atoms. The first-order valence-electron chi connectivity index (χ1n) is 8.36. The summed E-state index contributed by atoms with van der Waals surface area (Å²) in [5, 5.41) is 5.47. The summed E-state index contributed by atoms with van der Waals surface area (Å²) in [6, 6.07) is 6.46. The molecule has 1 N–H and O–H groups in total. The second-order valence-corrected chi connectivity index (χ2v) is 7.51. The van der Waals surface area contributed by atoms with Gasteiger partial charge in [0.05, 0.1) is 11.7 Å². The summed E-state index contributed by atoms with van der Waals surface area (Å²) >= 11 is 1.46. The van der Waals surface area contributed by atoms with Gasteiger partial charge in [-0.05, 0) is 43.4 Å². The molecule has 0 radical (unpaired) electrons. The van der Waals surface area contributed by atoms with Gasteiger partial charge < -0.3 is 5.32 Å². The quantitative estimate of drug-likeness (QED) is 0.784. The third kappa shape index (κ3) is 3.09. The smallest absolute Gasteiger partial charge is 0.263 e. The summed E-state index contributed by atoms with van der Waals surface area (Å²) < 4.78 is 1.40. The van der Waals surface area contributed by atoms with Crippen molar-refractivity contribution >= 4 is 27.5 Å². The Bertz CT molecular complexity index is 1030. The molecular formula is C19H19N3O2S. The maximum Gasteiger partial charge on any atom is 0.263 e. The lowest BCUT2D eigenvalue weighted by Crippen LogP contribution is -2.33. The third-order valence-electron chi connectivity index (χ3n) is 4.64. The van der Waals surface area contributed by atoms with Crippen LogP contribution in [-0.4, -0.2) is 21.5 Å². The molecule has 1 aromatic carbocycles. The standard InChI is InChI=1S/C19H19N3O2S/c1-11-3-4-13(7-12(11)2)15-9-25-18-17(15)19(24)22(10-20-18)8-16(23)21-14-5-6-14/h3-4,7,9-10,14H,5-6,8H2,1-2H3,(H,21,23). The number of hydrogen-bond acceptors (Lipinski definition) is 4. The van der Waals surface area contributed by atoms with Crippen molar-refractivity contribution in [2.45, 2.75) is 39.3 Å². The van der Waals surface area contributed by atoms with E-state index in [2.05, 4.69) is 36.3 Å². The Kier molecular flexibility index (Phi) is 3.92. The van der Waals surface area contributed by atoms with Crippen LogP contribution in [0.15, 0.2) is 34.7 Å². The molecule has 25 heavy (non-hydrogen) atoms. The van der Waals surface area contributed by atoms with Crippen molar-refractivity contribution in [1.29, 1.82) is 0 Å². The first-order valence-corrected chi connectivity index (χ1v) is 9.24. The van der Waals surface area contributed by atoms with E-state index in [0.29, 0.717) is 10.2 Å². The van der Waals surface area contributed by atoms with E-state index in [1.165, 1.54) is 33.4 Å². The highest BCUT2D eigenvalue weighted by atomic mass is 32.1. The highest BCUT2D eigenvalue weighted by molar-refractivity contribution is 7.17. The van der Waals surface area contributed by atoms with Crippen molar-refractivity contribution in [2.75, 3.05) is 0 Å². The Morgan fingerprint density at radius 3 is 2.84 bits per heavy atom. The molecule has 0 atom stereocenters. The molecule has 0 aliphatic heterocycles. The minimum absolute atomic E-state index is 0.0144. The van der Waals surface area contributed by atoms with Gasteiger partial charge in [-0.25, -0.2) is 4.98 Å². The van der Waals surface area contributed by atoms with Crippen molar-refractivity contribution in [2.24, 2.45) is 0 Å². The van der Waals surface area contributed by atoms with E-state index in [4.69, 9.17) is 0 Å². The minimum atomic E-state index is -0.162. The topological polar surface area (TPSA) is 64.0 Å². The van der Waals surface area contributed by atoms with E-state index in [0.717, 1.165) is 24.0 Å². The molecule has 2 aromatic heterocycles. The fourth-order valence-corrected chi connectivity index (χ4v) is 3.76. The van der Waals surface area contributed by atoms with Gasteiger partial charge in [0, 0.05) is 17.0 Å². The van der Waals surface area contributed by atoms with Gasteiger partial charge in [0.2, 0.25) is 5.91 Å². The second-order valence-electron chi connectivity index (χ2n) is 6.65. The predicted molar refractivity (Wildman–Crippen MR) is 100.0 cm³/mol. The van der Waals surface area contributed by atoms with Crippen molar-refractivity contribution in [3.63, 3.8) is 0 Å². The van der Waals surface area contributed by atoms with Crippen LogP contribution >= 0.6 is 11.3 Å². The summed E-state index contributed by atoms with van der Waals surface area (Å²) in [5.74, 6) is -0.131. The SMILES string of the molecule is Cc1ccc(-c2csc3ncn(CC(=O)NC4CC4)c(=O)c23)cc1C. The summed E-state index contributed by atoms with van der Waals surface area (Å²) in [4.78, 5) is 30.0. The molecule has 1 fully saturated rings. The number of thiophene rings is 1. The van der Waals surface area contributed by atoms with E-state index < -0.39 is 0 Å². The average Bonchev–Trinajstić information content (AvgIpc) is 3.28. The number of benzene rings is 1. The number of carbonyl (C=O) groups excluding carboxylic acids is 1. The maximum atomic E-state index is 12.9. The molecule has 1 amide bonds. The van der Waals surface area contributed by atoms with Crippen LogP contribution in [-0.2, 0) is 11.3 Å². The van der Waals surface area contributed by atoms with E-state index in [9.17, 15) is 9.59 Å². The van der Waals surface area contributed by atoms with Crippen LogP contribution in [0.2, 0.25) is 0 Å². The molecule has 1 aliphatic carbocycles. The number of carbonyl (C=O) groups is 1. The lowest BCUT2D eigenvalue weighted by atomic mass is 10.0. The van der Waals surface area contributed by atoms with E-state index in [-0.39, 0.29) is 24.1 Å². The molecule has 2 heterocycles. The Labute approximate surface area is 149 Å². The number of nitrogens with one attached hydrogen (secondary N) is 1. The van der Waals surface area contributed by atoms with E-state index in [1.807, 2.05) is 11.4 Å². The van der Waals surface area contributed by atoms with E-state index in [1.54, 1.807) is 0 Å². The molecule has 6 heteroatoms. The van der Waals surface area contributed by atoms with Gasteiger partial charge in [-0.2, -0.15) is 0 Å². The number of fused-ring (bicyclic) bond motifs is 1. The Morgan fingerprint density at radius 1 is 1.32 bits per heavy atom. The molecule has 0 spiro atoms. The molecule has 3 aromatic rings. The van der Waals surface area contributed by atoms with Crippen molar-refractivity contribution < 1.29 is 4.79 Å². The Hall–Kier alpha value is -2.47. The van der Waals surface area contributed by atoms with Crippen molar-refractivity contribution in [1.82, 2.24) is 14.9 Å². The van der Waals surface area contributed by atoms with E-state index >= 15 is 0 Å². The van der Waals surface area contributed by atoms with Crippen LogP contribution in [0.3, 0.4) is 0 Å². The molecule has 128 valence electrons. The van der Waals surface area contributed by atoms with Crippen molar-refractivity contribution in [3.8, 4) is 11.1 Å². The normalized spacial score (nSPS) is 14.0. The number of aryl methyl sites for hydroxylation is 2. The van der Waals surface area contributed by atoms with Gasteiger partial charge >= 0.3 is 0 Å². The first kappa shape index (κ1) is 16.0. The highest BCUT2D eigenvalue weighted by Gasteiger charge is 2.23. The van der Waals surface area contributed by atoms with Crippen LogP contribution < -0.4 is 10.9 Å². The fourth-order valence-electron chi connectivity index (χ4n) is 2.86. The summed E-state index contributed by atoms with van der Waals surface area (Å²) in [7, 11) is 0. The number of amides is 1. The monoisotopic (exact) mass is 353 g/mol. The average molecular weight is 353 g/mol. The van der Waals surface area contributed by atoms with Gasteiger partial charge in [0.25, 0.3) is 5.56 Å². The van der Waals surface area contributed by atoms with Crippen LogP contribution in [0.4, 0.5) is 0 Å². The minimum Gasteiger partial charge on any atom is -0.352 e.